The van der Waals surface area contributed by atoms with Gasteiger partial charge in [-0.25, -0.2) is 19.9 Å². The van der Waals surface area contributed by atoms with Crippen molar-refractivity contribution < 1.29 is 64.2 Å². The van der Waals surface area contributed by atoms with Crippen LogP contribution in [0.1, 0.15) is 33.9 Å². The van der Waals surface area contributed by atoms with Crippen LogP contribution < -0.4 is 9.47 Å². The molecule has 0 aliphatic rings. The summed E-state index contributed by atoms with van der Waals surface area (Å²) in [6.07, 6.45) is -4.77. The summed E-state index contributed by atoms with van der Waals surface area (Å²) in [5, 5.41) is 0. The summed E-state index contributed by atoms with van der Waals surface area (Å²) in [6.45, 7) is 4.78. The Morgan fingerprint density at radius 2 is 0.800 bits per heavy atom. The second-order valence-corrected chi connectivity index (χ2v) is 14.9. The van der Waals surface area contributed by atoms with Gasteiger partial charge in [-0.3, -0.25) is 8.80 Å². The van der Waals surface area contributed by atoms with Crippen molar-refractivity contribution in [1.82, 2.24) is 28.7 Å². The van der Waals surface area contributed by atoms with Gasteiger partial charge >= 0.3 is 12.4 Å². The Labute approximate surface area is 398 Å². The molecule has 5 aromatic heterocycles. The lowest BCUT2D eigenvalue weighted by Crippen LogP contribution is -2.12. The van der Waals surface area contributed by atoms with E-state index in [0.717, 1.165) is 24.5 Å². The van der Waals surface area contributed by atoms with Crippen LogP contribution >= 0.6 is 0 Å². The molecule has 366 valence electrons. The molecule has 0 fully saturated rings. The van der Waals surface area contributed by atoms with Gasteiger partial charge in [0.05, 0.1) is 89.6 Å². The first-order valence-electron chi connectivity index (χ1n) is 21.7. The lowest BCUT2D eigenvalue weighted by atomic mass is 10.1. The first-order chi connectivity index (χ1) is 33.9. The van der Waals surface area contributed by atoms with E-state index in [1.165, 1.54) is 33.3 Å². The maximum atomic E-state index is 13.9. The van der Waals surface area contributed by atoms with E-state index < -0.39 is 23.5 Å². The third-order valence-electron chi connectivity index (χ3n) is 10.0. The molecular weight excluding hydrogens is 927 g/mol. The summed E-state index contributed by atoms with van der Waals surface area (Å²) in [5.41, 5.74) is 1.01. The number of hydrogen-bond donors (Lipinski definition) is 0. The molecule has 0 radical (unpaired) electrons. The molecule has 7 rings (SSSR count). The Morgan fingerprint density at radius 3 is 1.14 bits per heavy atom. The molecule has 70 heavy (non-hydrogen) atoms. The van der Waals surface area contributed by atoms with Gasteiger partial charge in [-0.2, -0.15) is 26.3 Å². The second kappa shape index (κ2) is 24.5. The minimum absolute atomic E-state index is 0.150. The fraction of sp³-hybridized carbons (Fsp3) is 0.320. The highest BCUT2D eigenvalue weighted by molar-refractivity contribution is 5.72. The van der Waals surface area contributed by atoms with Crippen molar-refractivity contribution in [2.24, 2.45) is 0 Å². The molecule has 0 saturated carbocycles. The molecule has 0 bridgehead atoms. The number of methoxy groups -OCH3 is 2. The SMILES string of the molecule is COCCOCCOCCOc1ccc(-c2nc3ccc(C(F)(F)F)cn3c2C#Cc2cnc(C#Cc3c(-c4ccc(OCCOCCOCCOC)cc4)nc4ccc(C(F)(F)F)cn34)cn2)cc1. The smallest absolute Gasteiger partial charge is 0.417 e. The lowest BCUT2D eigenvalue weighted by molar-refractivity contribution is -0.138. The van der Waals surface area contributed by atoms with E-state index in [9.17, 15) is 26.3 Å². The maximum Gasteiger partial charge on any atom is 0.417 e. The molecule has 0 unspecified atom stereocenters. The van der Waals surface area contributed by atoms with Crippen LogP contribution in [0.25, 0.3) is 33.8 Å². The summed E-state index contributed by atoms with van der Waals surface area (Å²) in [5.74, 6) is 12.7. The van der Waals surface area contributed by atoms with Crippen LogP contribution in [0, 0.1) is 23.7 Å². The van der Waals surface area contributed by atoms with Crippen molar-refractivity contribution in [2.75, 3.05) is 93.5 Å². The van der Waals surface area contributed by atoms with Crippen molar-refractivity contribution in [3.05, 3.63) is 131 Å². The van der Waals surface area contributed by atoms with Gasteiger partial charge in [0.15, 0.2) is 0 Å². The molecule has 7 aromatic rings. The zero-order valence-corrected chi connectivity index (χ0v) is 37.9. The molecule has 5 heterocycles. The van der Waals surface area contributed by atoms with Gasteiger partial charge in [-0.05, 0) is 96.5 Å². The molecule has 0 N–H and O–H groups in total. The van der Waals surface area contributed by atoms with E-state index in [-0.39, 0.29) is 47.3 Å². The Bertz CT molecular complexity index is 2720. The Balaban J connectivity index is 1.09. The molecule has 2 aromatic carbocycles. The normalized spacial score (nSPS) is 11.7. The molecule has 0 atom stereocenters. The summed E-state index contributed by atoms with van der Waals surface area (Å²) in [4.78, 5) is 17.9. The Kier molecular flexibility index (Phi) is 17.8. The van der Waals surface area contributed by atoms with Gasteiger partial charge in [0.1, 0.15) is 70.2 Å². The van der Waals surface area contributed by atoms with Crippen LogP contribution in [0.3, 0.4) is 0 Å². The number of rotatable bonds is 22. The second-order valence-electron chi connectivity index (χ2n) is 14.9. The summed E-state index contributed by atoms with van der Waals surface area (Å²) >= 11 is 0. The number of nitrogens with zero attached hydrogens (tertiary/aromatic N) is 6. The molecule has 0 spiro atoms. The van der Waals surface area contributed by atoms with Crippen LogP contribution in [0.4, 0.5) is 26.3 Å². The topological polar surface area (TPSA) is 134 Å². The molecule has 20 heteroatoms. The fourth-order valence-electron chi connectivity index (χ4n) is 6.55. The highest BCUT2D eigenvalue weighted by atomic mass is 19.4. The lowest BCUT2D eigenvalue weighted by Gasteiger charge is -2.08. The number of imidazole rings is 2. The molecular formula is C50H46F6N6O8. The van der Waals surface area contributed by atoms with Gasteiger partial charge in [0, 0.05) is 37.7 Å². The third kappa shape index (κ3) is 14.0. The van der Waals surface area contributed by atoms with E-state index in [2.05, 4.69) is 43.6 Å². The van der Waals surface area contributed by atoms with E-state index in [4.69, 9.17) is 37.9 Å². The van der Waals surface area contributed by atoms with E-state index >= 15 is 0 Å². The zero-order valence-electron chi connectivity index (χ0n) is 37.9. The Hall–Kier alpha value is -7.04. The minimum Gasteiger partial charge on any atom is -0.491 e. The Morgan fingerprint density at radius 1 is 0.443 bits per heavy atom. The van der Waals surface area contributed by atoms with Crippen molar-refractivity contribution >= 4 is 11.3 Å². The number of benzene rings is 2. The van der Waals surface area contributed by atoms with Crippen LogP contribution in [0.15, 0.2) is 97.6 Å². The van der Waals surface area contributed by atoms with Gasteiger partial charge in [-0.1, -0.05) is 0 Å². The molecule has 0 saturated heterocycles. The standard InChI is InChI=1S/C50H46F6N6O8/c1-63-19-21-65-23-25-67-27-29-69-41-11-3-35(4-12-41)47-43(61-33-37(49(51,52)53)7-17-45(61)59-47)15-9-39-31-58-40(32-57-39)10-16-44-48(60-46-18-8-38(34-62(44)46)50(54,55)56)36-5-13-42(14-6-36)70-30-28-68-26-24-66-22-20-64-2/h3-8,11-14,17-18,31-34H,19-30H2,1-2H3. The molecule has 0 amide bonds. The van der Waals surface area contributed by atoms with Crippen LogP contribution in [0.2, 0.25) is 0 Å². The van der Waals surface area contributed by atoms with Crippen LogP contribution in [-0.4, -0.2) is 122 Å². The first-order valence-corrected chi connectivity index (χ1v) is 21.7. The number of pyridine rings is 2. The minimum atomic E-state index is -4.63. The summed E-state index contributed by atoms with van der Waals surface area (Å²) < 4.78 is 129. The average molecular weight is 973 g/mol. The van der Waals surface area contributed by atoms with Crippen LogP contribution in [0.5, 0.6) is 11.5 Å². The van der Waals surface area contributed by atoms with E-state index in [0.29, 0.717) is 100 Å². The molecule has 0 aliphatic heterocycles. The van der Waals surface area contributed by atoms with Crippen molar-refractivity contribution in [3.63, 3.8) is 0 Å². The zero-order chi connectivity index (χ0) is 49.4. The predicted molar refractivity (Wildman–Crippen MR) is 243 cm³/mol. The number of hydrogen-bond acceptors (Lipinski definition) is 12. The van der Waals surface area contributed by atoms with Crippen LogP contribution in [-0.2, 0) is 40.8 Å². The quantitative estimate of drug-likeness (QED) is 0.0370. The van der Waals surface area contributed by atoms with Crippen molar-refractivity contribution in [3.8, 4) is 57.7 Å². The van der Waals surface area contributed by atoms with Gasteiger partial charge in [-0.15, -0.1) is 0 Å². The predicted octanol–water partition coefficient (Wildman–Crippen LogP) is 8.06. The number of halogens is 6. The largest absolute Gasteiger partial charge is 0.491 e. The highest BCUT2D eigenvalue weighted by Gasteiger charge is 2.32. The number of aromatic nitrogens is 6. The van der Waals surface area contributed by atoms with Gasteiger partial charge < -0.3 is 37.9 Å². The van der Waals surface area contributed by atoms with E-state index in [1.54, 1.807) is 62.8 Å². The number of fused-ring (bicyclic) bond motifs is 2. The molecule has 0 aliphatic carbocycles. The average Bonchev–Trinajstić information content (AvgIpc) is 3.91. The summed E-state index contributed by atoms with van der Waals surface area (Å²) in [7, 11) is 3.19. The third-order valence-corrected chi connectivity index (χ3v) is 10.0. The maximum absolute atomic E-state index is 13.9. The molecule has 14 nitrogen and oxygen atoms in total. The van der Waals surface area contributed by atoms with Crippen molar-refractivity contribution in [2.45, 2.75) is 12.4 Å². The van der Waals surface area contributed by atoms with Gasteiger partial charge in [0.25, 0.3) is 0 Å². The summed E-state index contributed by atoms with van der Waals surface area (Å²) in [6, 6.07) is 18.1. The number of ether oxygens (including phenoxy) is 8. The fourth-order valence-corrected chi connectivity index (χ4v) is 6.55. The van der Waals surface area contributed by atoms with Gasteiger partial charge in [0.2, 0.25) is 0 Å². The van der Waals surface area contributed by atoms with E-state index in [1.807, 2.05) is 0 Å². The monoisotopic (exact) mass is 972 g/mol. The highest BCUT2D eigenvalue weighted by Crippen LogP contribution is 2.34. The number of alkyl halides is 6. The first kappa shape index (κ1) is 50.8. The van der Waals surface area contributed by atoms with Crippen molar-refractivity contribution in [1.29, 1.82) is 0 Å².